The summed E-state index contributed by atoms with van der Waals surface area (Å²) in [7, 11) is -1.05. The molecule has 0 heterocycles. The minimum Gasteiger partial charge on any atom is -0.465 e. The Morgan fingerprint density at radius 3 is 2.63 bits per heavy atom. The molecule has 0 aliphatic heterocycles. The Hall–Kier alpha value is -1.15. The molecule has 0 aromatic heterocycles. The van der Waals surface area contributed by atoms with Gasteiger partial charge >= 0.3 is 5.97 Å². The summed E-state index contributed by atoms with van der Waals surface area (Å²) >= 11 is 5.81. The molecule has 0 amide bonds. The molecule has 0 bridgehead atoms. The van der Waals surface area contributed by atoms with Gasteiger partial charge < -0.3 is 9.47 Å². The van der Waals surface area contributed by atoms with Gasteiger partial charge in [-0.15, -0.1) is 0 Å². The first kappa shape index (κ1) is 15.9. The largest absolute Gasteiger partial charge is 0.465 e. The molecule has 0 unspecified atom stereocenters. The number of carbonyl (C=O) groups excluding carboxylic acids is 1. The fourth-order valence-electron chi connectivity index (χ4n) is 1.30. The van der Waals surface area contributed by atoms with Crippen molar-refractivity contribution in [2.24, 2.45) is 0 Å². The van der Waals surface area contributed by atoms with Gasteiger partial charge in [0.05, 0.1) is 29.2 Å². The van der Waals surface area contributed by atoms with Gasteiger partial charge in [-0.05, 0) is 18.2 Å². The number of sulfonamides is 1. The zero-order chi connectivity index (χ0) is 14.5. The standard InChI is InChI=1S/C11H14ClNO5S/c1-17-6-5-13-19(15,16)8-3-4-10(12)9(7-8)11(14)18-2/h3-4,7,13H,5-6H2,1-2H3. The molecular formula is C11H14ClNO5S. The number of rotatable bonds is 6. The molecule has 0 saturated carbocycles. The Balaban J connectivity index is 3.04. The molecule has 0 saturated heterocycles. The number of nitrogens with one attached hydrogen (secondary N) is 1. The first-order valence-corrected chi connectivity index (χ1v) is 7.15. The van der Waals surface area contributed by atoms with Crippen LogP contribution < -0.4 is 4.72 Å². The zero-order valence-electron chi connectivity index (χ0n) is 10.5. The van der Waals surface area contributed by atoms with E-state index in [1.54, 1.807) is 0 Å². The van der Waals surface area contributed by atoms with Crippen molar-refractivity contribution in [3.05, 3.63) is 28.8 Å². The van der Waals surface area contributed by atoms with E-state index in [2.05, 4.69) is 9.46 Å². The molecular weight excluding hydrogens is 294 g/mol. The van der Waals surface area contributed by atoms with Gasteiger partial charge in [0.2, 0.25) is 10.0 Å². The minimum absolute atomic E-state index is 0.00113. The van der Waals surface area contributed by atoms with Gasteiger partial charge in [-0.2, -0.15) is 0 Å². The second-order valence-electron chi connectivity index (χ2n) is 3.52. The summed E-state index contributed by atoms with van der Waals surface area (Å²) in [6.07, 6.45) is 0. The average molecular weight is 308 g/mol. The molecule has 0 aliphatic carbocycles. The molecule has 1 N–H and O–H groups in total. The van der Waals surface area contributed by atoms with Crippen LogP contribution >= 0.6 is 11.6 Å². The number of hydrogen-bond acceptors (Lipinski definition) is 5. The molecule has 1 aromatic carbocycles. The van der Waals surface area contributed by atoms with Gasteiger partial charge in [0, 0.05) is 13.7 Å². The van der Waals surface area contributed by atoms with E-state index in [-0.39, 0.29) is 28.6 Å². The summed E-state index contributed by atoms with van der Waals surface area (Å²) < 4.78 is 35.4. The lowest BCUT2D eigenvalue weighted by Gasteiger charge is -2.08. The van der Waals surface area contributed by atoms with Crippen molar-refractivity contribution in [3.63, 3.8) is 0 Å². The maximum Gasteiger partial charge on any atom is 0.339 e. The van der Waals surface area contributed by atoms with Gasteiger partial charge in [0.25, 0.3) is 0 Å². The fourth-order valence-corrected chi connectivity index (χ4v) is 2.53. The smallest absolute Gasteiger partial charge is 0.339 e. The van der Waals surface area contributed by atoms with E-state index in [1.807, 2.05) is 0 Å². The molecule has 0 atom stereocenters. The van der Waals surface area contributed by atoms with Crippen LogP contribution in [-0.2, 0) is 19.5 Å². The van der Waals surface area contributed by atoms with E-state index in [1.165, 1.54) is 32.4 Å². The van der Waals surface area contributed by atoms with Gasteiger partial charge in [-0.25, -0.2) is 17.9 Å². The number of esters is 1. The van der Waals surface area contributed by atoms with E-state index in [0.717, 1.165) is 0 Å². The van der Waals surface area contributed by atoms with Gasteiger partial charge in [0.15, 0.2) is 0 Å². The molecule has 6 nitrogen and oxygen atoms in total. The summed E-state index contributed by atoms with van der Waals surface area (Å²) in [4.78, 5) is 11.4. The van der Waals surface area contributed by atoms with Gasteiger partial charge in [-0.3, -0.25) is 0 Å². The van der Waals surface area contributed by atoms with Crippen molar-refractivity contribution in [2.75, 3.05) is 27.4 Å². The molecule has 0 spiro atoms. The highest BCUT2D eigenvalue weighted by molar-refractivity contribution is 7.89. The monoisotopic (exact) mass is 307 g/mol. The average Bonchev–Trinajstić information content (AvgIpc) is 2.38. The van der Waals surface area contributed by atoms with Crippen LogP contribution in [0.5, 0.6) is 0 Å². The van der Waals surface area contributed by atoms with Crippen LogP contribution in [0.1, 0.15) is 10.4 Å². The third kappa shape index (κ3) is 4.17. The van der Waals surface area contributed by atoms with Crippen molar-refractivity contribution >= 4 is 27.6 Å². The van der Waals surface area contributed by atoms with Crippen molar-refractivity contribution in [3.8, 4) is 0 Å². The van der Waals surface area contributed by atoms with E-state index in [4.69, 9.17) is 16.3 Å². The lowest BCUT2D eigenvalue weighted by molar-refractivity contribution is 0.0600. The summed E-state index contributed by atoms with van der Waals surface area (Å²) in [5.74, 6) is -0.695. The molecule has 1 rings (SSSR count). The van der Waals surface area contributed by atoms with Gasteiger partial charge in [0.1, 0.15) is 0 Å². The molecule has 1 aromatic rings. The SMILES string of the molecule is COCCNS(=O)(=O)c1ccc(Cl)c(C(=O)OC)c1. The van der Waals surface area contributed by atoms with Crippen LogP contribution in [0.25, 0.3) is 0 Å². The van der Waals surface area contributed by atoms with Crippen LogP contribution in [0.4, 0.5) is 0 Å². The van der Waals surface area contributed by atoms with Crippen LogP contribution in [0.2, 0.25) is 5.02 Å². The van der Waals surface area contributed by atoms with Gasteiger partial charge in [-0.1, -0.05) is 11.6 Å². The van der Waals surface area contributed by atoms with Crippen molar-refractivity contribution in [2.45, 2.75) is 4.90 Å². The number of halogens is 1. The van der Waals surface area contributed by atoms with E-state index >= 15 is 0 Å². The number of methoxy groups -OCH3 is 2. The lowest BCUT2D eigenvalue weighted by atomic mass is 10.2. The molecule has 0 fully saturated rings. The summed E-state index contributed by atoms with van der Waals surface area (Å²) in [5, 5.41) is 0.127. The van der Waals surface area contributed by atoms with E-state index in [0.29, 0.717) is 0 Å². The van der Waals surface area contributed by atoms with Crippen molar-refractivity contribution in [1.82, 2.24) is 4.72 Å². The highest BCUT2D eigenvalue weighted by Crippen LogP contribution is 2.21. The minimum atomic E-state index is -3.71. The molecule has 19 heavy (non-hydrogen) atoms. The predicted octanol–water partition coefficient (Wildman–Crippen LogP) is 1.05. The van der Waals surface area contributed by atoms with Crippen molar-refractivity contribution in [1.29, 1.82) is 0 Å². The summed E-state index contributed by atoms with van der Waals surface area (Å²) in [6.45, 7) is 0.381. The summed E-state index contributed by atoms with van der Waals surface area (Å²) in [5.41, 5.74) is -0.00113. The third-order valence-electron chi connectivity index (χ3n) is 2.25. The Morgan fingerprint density at radius 2 is 2.05 bits per heavy atom. The Morgan fingerprint density at radius 1 is 1.37 bits per heavy atom. The first-order chi connectivity index (χ1) is 8.92. The highest BCUT2D eigenvalue weighted by atomic mass is 35.5. The van der Waals surface area contributed by atoms with Crippen LogP contribution in [0.3, 0.4) is 0 Å². The number of benzene rings is 1. The number of carbonyl (C=O) groups is 1. The van der Waals surface area contributed by atoms with E-state index in [9.17, 15) is 13.2 Å². The Kier molecular flexibility index (Phi) is 5.74. The third-order valence-corrected chi connectivity index (χ3v) is 4.04. The Labute approximate surface area is 116 Å². The normalized spacial score (nSPS) is 11.3. The maximum atomic E-state index is 11.9. The maximum absolute atomic E-state index is 11.9. The molecule has 0 aliphatic rings. The topological polar surface area (TPSA) is 81.7 Å². The Bertz CT molecular complexity index is 558. The zero-order valence-corrected chi connectivity index (χ0v) is 12.0. The molecule has 106 valence electrons. The lowest BCUT2D eigenvalue weighted by Crippen LogP contribution is -2.27. The van der Waals surface area contributed by atoms with Crippen LogP contribution in [0.15, 0.2) is 23.1 Å². The second-order valence-corrected chi connectivity index (χ2v) is 5.70. The first-order valence-electron chi connectivity index (χ1n) is 5.29. The fraction of sp³-hybridized carbons (Fsp3) is 0.364. The molecule has 0 radical (unpaired) electrons. The second kappa shape index (κ2) is 6.85. The van der Waals surface area contributed by atoms with E-state index < -0.39 is 16.0 Å². The number of ether oxygens (including phenoxy) is 2. The van der Waals surface area contributed by atoms with Crippen LogP contribution in [-0.4, -0.2) is 41.8 Å². The number of hydrogen-bond donors (Lipinski definition) is 1. The quantitative estimate of drug-likeness (QED) is 0.627. The summed E-state index contributed by atoms with van der Waals surface area (Å²) in [6, 6.07) is 3.81. The van der Waals surface area contributed by atoms with Crippen molar-refractivity contribution < 1.29 is 22.7 Å². The predicted molar refractivity (Wildman–Crippen MR) is 69.9 cm³/mol. The highest BCUT2D eigenvalue weighted by Gasteiger charge is 2.18. The van der Waals surface area contributed by atoms with Crippen LogP contribution in [0, 0.1) is 0 Å². The molecule has 8 heteroatoms.